The lowest BCUT2D eigenvalue weighted by atomic mass is 9.93. The van der Waals surface area contributed by atoms with Crippen LogP contribution < -0.4 is 5.32 Å². The molecular weight excluding hydrogens is 286 g/mol. The second-order valence-electron chi connectivity index (χ2n) is 4.59. The van der Waals surface area contributed by atoms with Gasteiger partial charge in [-0.3, -0.25) is 4.79 Å². The number of aliphatic hydroxyl groups excluding tert-OH is 3. The highest BCUT2D eigenvalue weighted by Gasteiger charge is 2.43. The van der Waals surface area contributed by atoms with Gasteiger partial charge in [0.2, 0.25) is 11.7 Å². The van der Waals surface area contributed by atoms with Gasteiger partial charge in [0.15, 0.2) is 6.10 Å². The second-order valence-corrected chi connectivity index (χ2v) is 4.59. The van der Waals surface area contributed by atoms with Crippen LogP contribution in [0, 0.1) is 0 Å². The van der Waals surface area contributed by atoms with E-state index in [0.29, 0.717) is 0 Å². The number of hydrogen-bond donors (Lipinski definition) is 5. The minimum absolute atomic E-state index is 0.450. The summed E-state index contributed by atoms with van der Waals surface area (Å²) in [6, 6.07) is -0.924. The van der Waals surface area contributed by atoms with Crippen LogP contribution in [-0.2, 0) is 19.1 Å². The molecule has 0 saturated heterocycles. The summed E-state index contributed by atoms with van der Waals surface area (Å²) >= 11 is 0. The van der Waals surface area contributed by atoms with Crippen LogP contribution in [0.25, 0.3) is 0 Å². The van der Waals surface area contributed by atoms with Crippen LogP contribution in [0.15, 0.2) is 11.8 Å². The van der Waals surface area contributed by atoms with Crippen molar-refractivity contribution in [3.8, 4) is 0 Å². The van der Waals surface area contributed by atoms with Crippen molar-refractivity contribution in [3.63, 3.8) is 0 Å². The lowest BCUT2D eigenvalue weighted by Crippen LogP contribution is -2.60. The third-order valence-corrected chi connectivity index (χ3v) is 3.06. The maximum absolute atomic E-state index is 11.2. The number of hydrogen-bond acceptors (Lipinski definition) is 7. The highest BCUT2D eigenvalue weighted by molar-refractivity contribution is 5.84. The van der Waals surface area contributed by atoms with E-state index in [9.17, 15) is 19.8 Å². The molecule has 0 aromatic rings. The fraction of sp³-hybridized carbons (Fsp3) is 0.667. The first kappa shape index (κ1) is 17.4. The Labute approximate surface area is 120 Å². The minimum atomic E-state index is -1.62. The second kappa shape index (κ2) is 7.36. The number of aliphatic hydroxyl groups is 3. The fourth-order valence-electron chi connectivity index (χ4n) is 2.04. The van der Waals surface area contributed by atoms with E-state index in [2.05, 4.69) is 5.32 Å². The molecule has 0 radical (unpaired) electrons. The zero-order chi connectivity index (χ0) is 16.2. The Morgan fingerprint density at radius 2 is 2.10 bits per heavy atom. The van der Waals surface area contributed by atoms with Gasteiger partial charge in [-0.1, -0.05) is 0 Å². The summed E-state index contributed by atoms with van der Waals surface area (Å²) in [5.41, 5.74) is 0. The number of rotatable bonds is 6. The first-order chi connectivity index (χ1) is 9.81. The minimum Gasteiger partial charge on any atom is -0.478 e. The lowest BCUT2D eigenvalue weighted by molar-refractivity contribution is -0.150. The van der Waals surface area contributed by atoms with Gasteiger partial charge in [-0.05, 0) is 6.08 Å². The summed E-state index contributed by atoms with van der Waals surface area (Å²) in [4.78, 5) is 22.3. The zero-order valence-electron chi connectivity index (χ0n) is 11.6. The molecule has 9 nitrogen and oxygen atoms in total. The quantitative estimate of drug-likeness (QED) is 0.365. The number of carbonyl (C=O) groups is 2. The van der Waals surface area contributed by atoms with Crippen molar-refractivity contribution in [1.29, 1.82) is 0 Å². The predicted octanol–water partition coefficient (Wildman–Crippen LogP) is -2.41. The number of nitrogens with one attached hydrogen (secondary N) is 1. The normalized spacial score (nSPS) is 28.0. The summed E-state index contributed by atoms with van der Waals surface area (Å²) in [5, 5.41) is 39.8. The number of methoxy groups -OCH3 is 1. The highest BCUT2D eigenvalue weighted by atomic mass is 16.5. The Balaban J connectivity index is 3.12. The molecule has 1 amide bonds. The van der Waals surface area contributed by atoms with E-state index in [1.165, 1.54) is 14.0 Å². The number of carbonyl (C=O) groups excluding carboxylic acids is 1. The molecule has 0 bridgehead atoms. The summed E-state index contributed by atoms with van der Waals surface area (Å²) in [7, 11) is 1.30. The van der Waals surface area contributed by atoms with E-state index in [1.807, 2.05) is 0 Å². The Morgan fingerprint density at radius 1 is 1.48 bits per heavy atom. The SMILES string of the molecule is CO[C@H]1C=C(C(=O)O)O[C@@H]([C@H](O)C(O)CO)[C@@H]1NC(C)=O. The van der Waals surface area contributed by atoms with Crippen molar-refractivity contribution in [2.45, 2.75) is 37.4 Å². The van der Waals surface area contributed by atoms with E-state index in [-0.39, 0.29) is 0 Å². The van der Waals surface area contributed by atoms with Gasteiger partial charge in [0.1, 0.15) is 18.3 Å². The molecule has 5 N–H and O–H groups in total. The third-order valence-electron chi connectivity index (χ3n) is 3.06. The first-order valence-corrected chi connectivity index (χ1v) is 6.20. The first-order valence-electron chi connectivity index (χ1n) is 6.20. The molecule has 0 fully saturated rings. The van der Waals surface area contributed by atoms with Gasteiger partial charge >= 0.3 is 5.97 Å². The number of amides is 1. The molecule has 0 aromatic carbocycles. The Bertz CT molecular complexity index is 423. The molecule has 5 atom stereocenters. The molecule has 1 unspecified atom stereocenters. The summed E-state index contributed by atoms with van der Waals surface area (Å²) in [6.07, 6.45) is -4.20. The van der Waals surface area contributed by atoms with Crippen LogP contribution in [0.1, 0.15) is 6.92 Å². The molecule has 21 heavy (non-hydrogen) atoms. The number of aliphatic carboxylic acids is 1. The molecule has 1 aliphatic heterocycles. The predicted molar refractivity (Wildman–Crippen MR) is 68.1 cm³/mol. The van der Waals surface area contributed by atoms with Crippen LogP contribution >= 0.6 is 0 Å². The van der Waals surface area contributed by atoms with Gasteiger partial charge in [0.05, 0.1) is 12.6 Å². The average Bonchev–Trinajstić information content (AvgIpc) is 2.44. The summed E-state index contributed by atoms with van der Waals surface area (Å²) in [5.74, 6) is -2.31. The number of carboxylic acid groups (broad SMARTS) is 1. The molecule has 0 aliphatic carbocycles. The fourth-order valence-corrected chi connectivity index (χ4v) is 2.04. The topological polar surface area (TPSA) is 146 Å². The lowest BCUT2D eigenvalue weighted by Gasteiger charge is -2.39. The van der Waals surface area contributed by atoms with E-state index in [4.69, 9.17) is 19.7 Å². The maximum atomic E-state index is 11.2. The molecular formula is C12H19NO8. The van der Waals surface area contributed by atoms with E-state index in [0.717, 1.165) is 6.08 Å². The molecule has 0 saturated carbocycles. The Morgan fingerprint density at radius 3 is 2.52 bits per heavy atom. The smallest absolute Gasteiger partial charge is 0.370 e. The van der Waals surface area contributed by atoms with Gasteiger partial charge in [-0.15, -0.1) is 0 Å². The average molecular weight is 305 g/mol. The van der Waals surface area contributed by atoms with Crippen molar-refractivity contribution in [1.82, 2.24) is 5.32 Å². The molecule has 1 aliphatic rings. The van der Waals surface area contributed by atoms with Crippen LogP contribution in [0.2, 0.25) is 0 Å². The number of ether oxygens (including phenoxy) is 2. The van der Waals surface area contributed by atoms with Crippen LogP contribution in [-0.4, -0.2) is 76.5 Å². The van der Waals surface area contributed by atoms with Crippen LogP contribution in [0.5, 0.6) is 0 Å². The zero-order valence-corrected chi connectivity index (χ0v) is 11.6. The molecule has 0 spiro atoms. The van der Waals surface area contributed by atoms with Gasteiger partial charge in [0, 0.05) is 14.0 Å². The van der Waals surface area contributed by atoms with Crippen LogP contribution in [0.3, 0.4) is 0 Å². The summed E-state index contributed by atoms with van der Waals surface area (Å²) < 4.78 is 10.2. The van der Waals surface area contributed by atoms with Gasteiger partial charge in [-0.25, -0.2) is 4.79 Å². The summed E-state index contributed by atoms with van der Waals surface area (Å²) in [6.45, 7) is 0.479. The highest BCUT2D eigenvalue weighted by Crippen LogP contribution is 2.24. The van der Waals surface area contributed by atoms with Gasteiger partial charge < -0.3 is 35.2 Å². The van der Waals surface area contributed by atoms with Crippen molar-refractivity contribution in [2.24, 2.45) is 0 Å². The Hall–Kier alpha value is -1.68. The van der Waals surface area contributed by atoms with E-state index >= 15 is 0 Å². The van der Waals surface area contributed by atoms with Crippen molar-refractivity contribution >= 4 is 11.9 Å². The van der Waals surface area contributed by atoms with E-state index < -0.39 is 54.7 Å². The van der Waals surface area contributed by atoms with Gasteiger partial charge in [-0.2, -0.15) is 0 Å². The van der Waals surface area contributed by atoms with Crippen molar-refractivity contribution in [3.05, 3.63) is 11.8 Å². The van der Waals surface area contributed by atoms with Crippen molar-refractivity contribution < 1.29 is 39.5 Å². The molecule has 1 rings (SSSR count). The van der Waals surface area contributed by atoms with E-state index in [1.54, 1.807) is 0 Å². The van der Waals surface area contributed by atoms with Gasteiger partial charge in [0.25, 0.3) is 0 Å². The standard InChI is InChI=1S/C12H19NO8/c1-5(15)13-9-7(20-2)3-8(12(18)19)21-11(9)10(17)6(16)4-14/h3,6-7,9-11,14,16-17H,4H2,1-2H3,(H,13,15)(H,18,19)/t6?,7-,9+,10+,11+/m0/s1. The molecule has 0 aromatic heterocycles. The molecule has 9 heteroatoms. The number of carboxylic acids is 1. The Kier molecular flexibility index (Phi) is 6.09. The molecule has 120 valence electrons. The third kappa shape index (κ3) is 4.14. The monoisotopic (exact) mass is 305 g/mol. The molecule has 1 heterocycles. The largest absolute Gasteiger partial charge is 0.478 e. The van der Waals surface area contributed by atoms with Crippen molar-refractivity contribution in [2.75, 3.05) is 13.7 Å². The van der Waals surface area contributed by atoms with Crippen LogP contribution in [0.4, 0.5) is 0 Å². The maximum Gasteiger partial charge on any atom is 0.370 e.